The van der Waals surface area contributed by atoms with Gasteiger partial charge in [-0.2, -0.15) is 0 Å². The van der Waals surface area contributed by atoms with E-state index in [4.69, 9.17) is 22.1 Å². The van der Waals surface area contributed by atoms with E-state index in [9.17, 15) is 35.6 Å². The number of nitrogens with one attached hydrogen (secondary N) is 2. The number of benzene rings is 2. The SMILES string of the molecule is CCN(CC1=C(c2ccc(Cl)cc2)S(=O)(=O)NC1(C)C)C(=O)[C@@H](COCc1c(F)cccc1F)NC(=O)C(N)(CF)CF.Cl. The van der Waals surface area contributed by atoms with Crippen molar-refractivity contribution in [3.8, 4) is 0 Å². The largest absolute Gasteiger partial charge is 0.374 e. The fourth-order valence-corrected chi connectivity index (χ4v) is 6.55. The molecule has 3 rings (SSSR count). The highest BCUT2D eigenvalue weighted by molar-refractivity contribution is 7.99. The predicted molar refractivity (Wildman–Crippen MR) is 161 cm³/mol. The third-order valence-corrected chi connectivity index (χ3v) is 9.01. The average Bonchev–Trinajstić information content (AvgIpc) is 3.14. The molecule has 0 bridgehead atoms. The Morgan fingerprint density at radius 3 is 2.20 bits per heavy atom. The van der Waals surface area contributed by atoms with Gasteiger partial charge in [-0.1, -0.05) is 29.8 Å². The molecule has 16 heteroatoms. The minimum atomic E-state index is -4.02. The maximum atomic E-state index is 14.1. The van der Waals surface area contributed by atoms with Gasteiger partial charge in [-0.15, -0.1) is 12.4 Å². The molecule has 2 amide bonds. The molecule has 244 valence electrons. The Balaban J connectivity index is 0.00000675. The summed E-state index contributed by atoms with van der Waals surface area (Å²) in [5.74, 6) is -3.97. The molecule has 0 saturated carbocycles. The maximum absolute atomic E-state index is 14.1. The first-order valence-electron chi connectivity index (χ1n) is 13.1. The van der Waals surface area contributed by atoms with Crippen LogP contribution in [0.5, 0.6) is 0 Å². The Morgan fingerprint density at radius 1 is 1.11 bits per heavy atom. The van der Waals surface area contributed by atoms with Crippen LogP contribution in [-0.2, 0) is 31.0 Å². The van der Waals surface area contributed by atoms with Crippen LogP contribution in [0.4, 0.5) is 17.6 Å². The summed E-state index contributed by atoms with van der Waals surface area (Å²) >= 11 is 5.98. The van der Waals surface area contributed by atoms with Gasteiger partial charge >= 0.3 is 0 Å². The van der Waals surface area contributed by atoms with Crippen LogP contribution in [0.3, 0.4) is 0 Å². The quantitative estimate of drug-likeness (QED) is 0.276. The van der Waals surface area contributed by atoms with E-state index in [2.05, 4.69) is 10.0 Å². The molecule has 2 aromatic carbocycles. The number of amides is 2. The molecule has 0 radical (unpaired) electrons. The van der Waals surface area contributed by atoms with Crippen LogP contribution in [0.25, 0.3) is 4.91 Å². The van der Waals surface area contributed by atoms with Crippen molar-refractivity contribution < 1.29 is 40.3 Å². The molecule has 1 aliphatic rings. The molecule has 0 unspecified atom stereocenters. The van der Waals surface area contributed by atoms with Crippen molar-refractivity contribution in [2.75, 3.05) is 33.0 Å². The van der Waals surface area contributed by atoms with Gasteiger partial charge in [0.1, 0.15) is 31.0 Å². The normalized spacial score (nSPS) is 16.3. The highest BCUT2D eigenvalue weighted by Crippen LogP contribution is 2.38. The van der Waals surface area contributed by atoms with E-state index in [1.54, 1.807) is 20.8 Å². The van der Waals surface area contributed by atoms with Crippen molar-refractivity contribution in [3.05, 3.63) is 75.8 Å². The lowest BCUT2D eigenvalue weighted by Crippen LogP contribution is -2.62. The summed E-state index contributed by atoms with van der Waals surface area (Å²) < 4.78 is 89.5. The third-order valence-electron chi connectivity index (χ3n) is 6.96. The zero-order valence-corrected chi connectivity index (χ0v) is 26.5. The second-order valence-electron chi connectivity index (χ2n) is 10.6. The number of halogens is 6. The Hall–Kier alpha value is -2.75. The van der Waals surface area contributed by atoms with Crippen molar-refractivity contribution in [1.29, 1.82) is 0 Å². The van der Waals surface area contributed by atoms with Crippen molar-refractivity contribution in [2.24, 2.45) is 5.73 Å². The Kier molecular flexibility index (Phi) is 12.8. The number of ether oxygens (including phenoxy) is 1. The second-order valence-corrected chi connectivity index (χ2v) is 12.6. The van der Waals surface area contributed by atoms with Crippen LogP contribution in [-0.4, -0.2) is 75.3 Å². The smallest absolute Gasteiger partial charge is 0.247 e. The highest BCUT2D eigenvalue weighted by atomic mass is 35.5. The van der Waals surface area contributed by atoms with E-state index in [-0.39, 0.29) is 30.4 Å². The topological polar surface area (TPSA) is 131 Å². The number of hydrogen-bond donors (Lipinski definition) is 3. The number of hydrogen-bond acceptors (Lipinski definition) is 6. The lowest BCUT2D eigenvalue weighted by molar-refractivity contribution is -0.139. The molecule has 1 aliphatic heterocycles. The molecule has 1 atom stereocenters. The molecule has 2 aromatic rings. The van der Waals surface area contributed by atoms with Crippen LogP contribution in [0, 0.1) is 11.6 Å². The summed E-state index contributed by atoms with van der Waals surface area (Å²) in [6, 6.07) is 7.62. The highest BCUT2D eigenvalue weighted by Gasteiger charge is 2.44. The van der Waals surface area contributed by atoms with E-state index >= 15 is 0 Å². The summed E-state index contributed by atoms with van der Waals surface area (Å²) in [5, 5.41) is 2.57. The van der Waals surface area contributed by atoms with Gasteiger partial charge in [0.05, 0.1) is 23.7 Å². The summed E-state index contributed by atoms with van der Waals surface area (Å²) in [6.07, 6.45) is 0. The lowest BCUT2D eigenvalue weighted by atomic mass is 9.92. The van der Waals surface area contributed by atoms with Crippen LogP contribution < -0.4 is 15.8 Å². The fraction of sp³-hybridized carbons (Fsp3) is 0.429. The van der Waals surface area contributed by atoms with Gasteiger partial charge in [0.25, 0.3) is 0 Å². The number of likely N-dealkylation sites (N-methyl/N-ethyl adjacent to an activating group) is 1. The predicted octanol–water partition coefficient (Wildman–Crippen LogP) is 3.65. The monoisotopic (exact) mass is 684 g/mol. The van der Waals surface area contributed by atoms with E-state index in [1.807, 2.05) is 0 Å². The molecular weight excluding hydrogens is 651 g/mol. The first-order valence-corrected chi connectivity index (χ1v) is 15.0. The lowest BCUT2D eigenvalue weighted by Gasteiger charge is -2.32. The van der Waals surface area contributed by atoms with Crippen molar-refractivity contribution in [1.82, 2.24) is 14.9 Å². The molecule has 9 nitrogen and oxygen atoms in total. The summed E-state index contributed by atoms with van der Waals surface area (Å²) in [7, 11) is -4.02. The first kappa shape index (κ1) is 37.4. The number of sulfonamides is 1. The van der Waals surface area contributed by atoms with Gasteiger partial charge in [-0.3, -0.25) is 9.59 Å². The van der Waals surface area contributed by atoms with Crippen LogP contribution in [0.15, 0.2) is 48.0 Å². The Labute approximate surface area is 264 Å². The number of alkyl halides is 2. The van der Waals surface area contributed by atoms with Crippen LogP contribution in [0.2, 0.25) is 5.02 Å². The molecule has 0 saturated heterocycles. The van der Waals surface area contributed by atoms with Gasteiger partial charge in [0.15, 0.2) is 5.54 Å². The molecular formula is C28H34Cl2F4N4O5S. The van der Waals surface area contributed by atoms with E-state index < -0.39 is 82.7 Å². The fourth-order valence-electron chi connectivity index (χ4n) is 4.43. The van der Waals surface area contributed by atoms with Crippen molar-refractivity contribution in [2.45, 2.75) is 44.5 Å². The first-order chi connectivity index (χ1) is 20.1. The second kappa shape index (κ2) is 15.0. The molecule has 0 aliphatic carbocycles. The number of nitrogens with zero attached hydrogens (tertiary/aromatic N) is 1. The number of rotatable bonds is 13. The van der Waals surface area contributed by atoms with Crippen LogP contribution in [0.1, 0.15) is 31.9 Å². The molecule has 1 heterocycles. The van der Waals surface area contributed by atoms with Crippen LogP contribution >= 0.6 is 24.0 Å². The standard InChI is InChI=1S/C28H33ClF4N4O5S.ClH/c1-4-37(12-20-24(17-8-10-18(29)11-9-17)43(40,41)36-27(20,2)3)25(38)23(35-26(39)28(34,15-30)16-31)14-42-13-19-21(32)6-5-7-22(19)33;/h5-11,23,36H,4,12-16,34H2,1-3H3,(H,35,39);1H/t23-;/m1./s1. The maximum Gasteiger partial charge on any atom is 0.247 e. The van der Waals surface area contributed by atoms with Crippen molar-refractivity contribution in [3.63, 3.8) is 0 Å². The van der Waals surface area contributed by atoms with Gasteiger partial charge in [-0.25, -0.2) is 30.7 Å². The number of nitrogens with two attached hydrogens (primary N) is 1. The Bertz CT molecular complexity index is 1470. The molecule has 0 fully saturated rings. The summed E-state index contributed by atoms with van der Waals surface area (Å²) in [4.78, 5) is 27.6. The van der Waals surface area contributed by atoms with Gasteiger partial charge < -0.3 is 20.7 Å². The van der Waals surface area contributed by atoms with Crippen molar-refractivity contribution >= 4 is 50.8 Å². The van der Waals surface area contributed by atoms with E-state index in [1.165, 1.54) is 29.2 Å². The molecule has 4 N–H and O–H groups in total. The van der Waals surface area contributed by atoms with Gasteiger partial charge in [-0.05, 0) is 56.2 Å². The van der Waals surface area contributed by atoms with E-state index in [0.29, 0.717) is 16.2 Å². The Morgan fingerprint density at radius 2 is 1.68 bits per heavy atom. The zero-order valence-electron chi connectivity index (χ0n) is 24.1. The van der Waals surface area contributed by atoms with Gasteiger partial charge in [0, 0.05) is 23.7 Å². The molecule has 0 aromatic heterocycles. The molecule has 44 heavy (non-hydrogen) atoms. The zero-order chi connectivity index (χ0) is 32.2. The summed E-state index contributed by atoms with van der Waals surface area (Å²) in [6.45, 7) is 0.109. The minimum absolute atomic E-state index is 0. The average molecular weight is 686 g/mol. The summed E-state index contributed by atoms with van der Waals surface area (Å²) in [5.41, 5.74) is 1.98. The third kappa shape index (κ3) is 8.29. The number of carbonyl (C=O) groups excluding carboxylic acids is 2. The van der Waals surface area contributed by atoms with Gasteiger partial charge in [0.2, 0.25) is 21.8 Å². The molecule has 0 spiro atoms. The van der Waals surface area contributed by atoms with E-state index in [0.717, 1.165) is 18.2 Å². The minimum Gasteiger partial charge on any atom is -0.374 e. The number of carbonyl (C=O) groups is 2.